The molecule has 0 aromatic heterocycles. The molecule has 2 aromatic carbocycles. The molecule has 0 aliphatic carbocycles. The predicted octanol–water partition coefficient (Wildman–Crippen LogP) is 3.04. The average Bonchev–Trinajstić information content (AvgIpc) is 2.75. The van der Waals surface area contributed by atoms with E-state index >= 15 is 0 Å². The molecular formula is C19H20N2O8. The van der Waals surface area contributed by atoms with Gasteiger partial charge in [-0.2, -0.15) is 0 Å². The first-order chi connectivity index (χ1) is 14.1. The Morgan fingerprint density at radius 2 is 1.86 bits per heavy atom. The zero-order chi connectivity index (χ0) is 20.8. The third-order valence-corrected chi connectivity index (χ3v) is 4.17. The van der Waals surface area contributed by atoms with E-state index in [0.717, 1.165) is 0 Å². The van der Waals surface area contributed by atoms with E-state index in [1.54, 1.807) is 12.1 Å². The summed E-state index contributed by atoms with van der Waals surface area (Å²) in [7, 11) is 4.55. The molecule has 0 amide bonds. The number of rotatable bonds is 8. The fraction of sp³-hybridized carbons (Fsp3) is 0.316. The summed E-state index contributed by atoms with van der Waals surface area (Å²) in [5.74, 6) is 1.95. The van der Waals surface area contributed by atoms with E-state index in [1.807, 2.05) is 0 Å². The van der Waals surface area contributed by atoms with Gasteiger partial charge in [-0.3, -0.25) is 10.1 Å². The van der Waals surface area contributed by atoms with Gasteiger partial charge in [0, 0.05) is 28.8 Å². The lowest BCUT2D eigenvalue weighted by atomic mass is 10.1. The molecule has 10 nitrogen and oxygen atoms in total. The zero-order valence-corrected chi connectivity index (χ0v) is 16.2. The van der Waals surface area contributed by atoms with Crippen molar-refractivity contribution in [2.24, 2.45) is 5.16 Å². The minimum Gasteiger partial charge on any atom is -0.493 e. The number of hydrogen-bond acceptors (Lipinski definition) is 9. The smallest absolute Gasteiger partial charge is 0.270 e. The normalized spacial score (nSPS) is 12.8. The number of nitro groups is 1. The van der Waals surface area contributed by atoms with Gasteiger partial charge in [0.25, 0.3) is 5.69 Å². The first-order valence-corrected chi connectivity index (χ1v) is 8.53. The van der Waals surface area contributed by atoms with Crippen LogP contribution in [0.4, 0.5) is 5.69 Å². The number of nitrogens with zero attached hydrogens (tertiary/aromatic N) is 2. The van der Waals surface area contributed by atoms with Crippen molar-refractivity contribution in [3.8, 4) is 23.0 Å². The van der Waals surface area contributed by atoms with Gasteiger partial charge >= 0.3 is 0 Å². The SMILES string of the molecule is COc1cc(/C=N\OCc2cc([N+](=O)[O-])cc3c2OCOC3)cc(OC)c1OC. The van der Waals surface area contributed by atoms with Crippen LogP contribution in [-0.4, -0.2) is 39.3 Å². The fourth-order valence-corrected chi connectivity index (χ4v) is 2.87. The Hall–Kier alpha value is -3.53. The van der Waals surface area contributed by atoms with Crippen LogP contribution in [0.25, 0.3) is 0 Å². The minimum atomic E-state index is -0.475. The topological polar surface area (TPSA) is 111 Å². The summed E-state index contributed by atoms with van der Waals surface area (Å²) in [6.45, 7) is 0.302. The highest BCUT2D eigenvalue weighted by atomic mass is 16.7. The molecule has 0 saturated heterocycles. The van der Waals surface area contributed by atoms with Crippen molar-refractivity contribution >= 4 is 11.9 Å². The third-order valence-electron chi connectivity index (χ3n) is 4.17. The van der Waals surface area contributed by atoms with Gasteiger partial charge in [0.05, 0.1) is 39.1 Å². The fourth-order valence-electron chi connectivity index (χ4n) is 2.87. The van der Waals surface area contributed by atoms with Gasteiger partial charge in [0.2, 0.25) is 5.75 Å². The Kier molecular flexibility index (Phi) is 6.35. The minimum absolute atomic E-state index is 0.00899. The van der Waals surface area contributed by atoms with Gasteiger partial charge in [0.15, 0.2) is 18.3 Å². The Labute approximate surface area is 166 Å². The number of nitro benzene ring substituents is 1. The number of hydrogen-bond donors (Lipinski definition) is 0. The Morgan fingerprint density at radius 3 is 2.48 bits per heavy atom. The van der Waals surface area contributed by atoms with Crippen molar-refractivity contribution in [2.75, 3.05) is 28.1 Å². The Balaban J connectivity index is 1.77. The summed E-state index contributed by atoms with van der Waals surface area (Å²) in [6.07, 6.45) is 1.47. The number of benzene rings is 2. The van der Waals surface area contributed by atoms with E-state index in [-0.39, 0.29) is 25.7 Å². The molecule has 1 aliphatic heterocycles. The van der Waals surface area contributed by atoms with Crippen molar-refractivity contribution in [3.63, 3.8) is 0 Å². The van der Waals surface area contributed by atoms with E-state index in [1.165, 1.54) is 39.7 Å². The second-order valence-electron chi connectivity index (χ2n) is 5.93. The lowest BCUT2D eigenvalue weighted by Gasteiger charge is -2.20. The van der Waals surface area contributed by atoms with Crippen molar-refractivity contribution in [2.45, 2.75) is 13.2 Å². The van der Waals surface area contributed by atoms with E-state index in [9.17, 15) is 10.1 Å². The highest BCUT2D eigenvalue weighted by Gasteiger charge is 2.21. The summed E-state index contributed by atoms with van der Waals surface area (Å²) in [6, 6.07) is 6.25. The summed E-state index contributed by atoms with van der Waals surface area (Å²) in [5.41, 5.74) is 1.70. The van der Waals surface area contributed by atoms with Crippen LogP contribution >= 0.6 is 0 Å². The summed E-state index contributed by atoms with van der Waals surface area (Å²) in [5, 5.41) is 15.1. The summed E-state index contributed by atoms with van der Waals surface area (Å²) >= 11 is 0. The van der Waals surface area contributed by atoms with Gasteiger partial charge in [-0.15, -0.1) is 0 Å². The van der Waals surface area contributed by atoms with Crippen LogP contribution in [-0.2, 0) is 22.8 Å². The molecular weight excluding hydrogens is 384 g/mol. The molecule has 0 N–H and O–H groups in total. The molecule has 29 heavy (non-hydrogen) atoms. The van der Waals surface area contributed by atoms with Crippen LogP contribution in [0.3, 0.4) is 0 Å². The summed E-state index contributed by atoms with van der Waals surface area (Å²) < 4.78 is 26.5. The van der Waals surface area contributed by atoms with Gasteiger partial charge in [-0.1, -0.05) is 5.16 Å². The van der Waals surface area contributed by atoms with Crippen molar-refractivity contribution in [3.05, 3.63) is 51.1 Å². The van der Waals surface area contributed by atoms with Gasteiger partial charge < -0.3 is 28.5 Å². The highest BCUT2D eigenvalue weighted by molar-refractivity contribution is 5.82. The second-order valence-corrected chi connectivity index (χ2v) is 5.93. The van der Waals surface area contributed by atoms with E-state index < -0.39 is 4.92 Å². The molecule has 3 rings (SSSR count). The van der Waals surface area contributed by atoms with Crippen LogP contribution in [0.5, 0.6) is 23.0 Å². The molecule has 1 heterocycles. The maximum absolute atomic E-state index is 11.1. The molecule has 0 unspecified atom stereocenters. The standard InChI is InChI=1S/C19H20N2O8/c1-24-16-4-12(5-17(25-2)19(16)26-3)8-20-29-10-14-7-15(21(22)23)6-13-9-27-11-28-18(13)14/h4-8H,9-11H2,1-3H3/b20-8-. The molecule has 0 saturated carbocycles. The average molecular weight is 404 g/mol. The molecule has 0 atom stereocenters. The van der Waals surface area contributed by atoms with Crippen LogP contribution in [0, 0.1) is 10.1 Å². The Bertz CT molecular complexity index is 904. The quantitative estimate of drug-likeness (QED) is 0.375. The monoisotopic (exact) mass is 404 g/mol. The third kappa shape index (κ3) is 4.49. The number of methoxy groups -OCH3 is 3. The van der Waals surface area contributed by atoms with Gasteiger partial charge in [-0.25, -0.2) is 0 Å². The van der Waals surface area contributed by atoms with E-state index in [0.29, 0.717) is 39.7 Å². The molecule has 0 fully saturated rings. The number of non-ortho nitro benzene ring substituents is 1. The van der Waals surface area contributed by atoms with Crippen molar-refractivity contribution < 1.29 is 33.4 Å². The largest absolute Gasteiger partial charge is 0.493 e. The van der Waals surface area contributed by atoms with E-state index in [2.05, 4.69) is 5.16 Å². The number of ether oxygens (including phenoxy) is 5. The lowest BCUT2D eigenvalue weighted by Crippen LogP contribution is -2.14. The molecule has 1 aliphatic rings. The molecule has 154 valence electrons. The lowest BCUT2D eigenvalue weighted by molar-refractivity contribution is -0.385. The first-order valence-electron chi connectivity index (χ1n) is 8.53. The van der Waals surface area contributed by atoms with Crippen LogP contribution < -0.4 is 18.9 Å². The highest BCUT2D eigenvalue weighted by Crippen LogP contribution is 2.38. The van der Waals surface area contributed by atoms with Gasteiger partial charge in [0.1, 0.15) is 12.4 Å². The molecule has 2 aromatic rings. The van der Waals surface area contributed by atoms with Crippen LogP contribution in [0.15, 0.2) is 29.4 Å². The Morgan fingerprint density at radius 1 is 1.14 bits per heavy atom. The maximum Gasteiger partial charge on any atom is 0.270 e. The molecule has 10 heteroatoms. The van der Waals surface area contributed by atoms with E-state index in [4.69, 9.17) is 28.5 Å². The zero-order valence-electron chi connectivity index (χ0n) is 16.2. The van der Waals surface area contributed by atoms with Crippen LogP contribution in [0.2, 0.25) is 0 Å². The molecule has 0 spiro atoms. The molecule has 0 radical (unpaired) electrons. The number of oxime groups is 1. The van der Waals surface area contributed by atoms with Crippen molar-refractivity contribution in [1.82, 2.24) is 0 Å². The predicted molar refractivity (Wildman–Crippen MR) is 102 cm³/mol. The summed E-state index contributed by atoms with van der Waals surface area (Å²) in [4.78, 5) is 16.0. The first kappa shape index (κ1) is 20.2. The van der Waals surface area contributed by atoms with Crippen LogP contribution in [0.1, 0.15) is 16.7 Å². The number of fused-ring (bicyclic) bond motifs is 1. The molecule has 0 bridgehead atoms. The second kappa shape index (κ2) is 9.11. The maximum atomic E-state index is 11.1. The van der Waals surface area contributed by atoms with Gasteiger partial charge in [-0.05, 0) is 12.1 Å². The van der Waals surface area contributed by atoms with Crippen molar-refractivity contribution in [1.29, 1.82) is 0 Å².